The zero-order chi connectivity index (χ0) is 21.4. The normalized spacial score (nSPS) is 18.7. The molecule has 2 aliphatic heterocycles. The molecule has 160 valence electrons. The van der Waals surface area contributed by atoms with Gasteiger partial charge in [0.05, 0.1) is 17.8 Å². The van der Waals surface area contributed by atoms with Crippen LogP contribution in [0.4, 0.5) is 13.6 Å². The third kappa shape index (κ3) is 3.98. The van der Waals surface area contributed by atoms with Gasteiger partial charge in [-0.2, -0.15) is 5.10 Å². The predicted molar refractivity (Wildman–Crippen MR) is 105 cm³/mol. The van der Waals surface area contributed by atoms with Crippen LogP contribution in [0.25, 0.3) is 0 Å². The molecule has 10 heteroatoms. The van der Waals surface area contributed by atoms with Gasteiger partial charge in [0, 0.05) is 30.9 Å². The SMILES string of the molecule is O=C(c1cnn(CC(F)F)c1)N1CCc2cc(Cl)cc([C@@H]3CCCN3C(=O)O)c2C1. The molecule has 2 amide bonds. The molecule has 0 saturated carbocycles. The maximum Gasteiger partial charge on any atom is 0.407 e. The number of fused-ring (bicyclic) bond motifs is 1. The largest absolute Gasteiger partial charge is 0.465 e. The number of alkyl halides is 2. The monoisotopic (exact) mass is 438 g/mol. The maximum atomic E-state index is 12.9. The lowest BCUT2D eigenvalue weighted by Crippen LogP contribution is -2.37. The Labute approximate surface area is 176 Å². The van der Waals surface area contributed by atoms with Gasteiger partial charge >= 0.3 is 6.09 Å². The van der Waals surface area contributed by atoms with Crippen LogP contribution in [0.15, 0.2) is 24.5 Å². The lowest BCUT2D eigenvalue weighted by Gasteiger charge is -2.33. The molecule has 1 saturated heterocycles. The summed E-state index contributed by atoms with van der Waals surface area (Å²) in [5.74, 6) is -0.288. The van der Waals surface area contributed by atoms with Crippen molar-refractivity contribution in [2.75, 3.05) is 13.1 Å². The fourth-order valence-corrected chi connectivity index (χ4v) is 4.59. The molecule has 1 aromatic heterocycles. The van der Waals surface area contributed by atoms with Crippen LogP contribution in [0.5, 0.6) is 0 Å². The van der Waals surface area contributed by atoms with Gasteiger partial charge in [-0.1, -0.05) is 11.6 Å². The van der Waals surface area contributed by atoms with E-state index in [0.29, 0.717) is 37.5 Å². The van der Waals surface area contributed by atoms with E-state index in [0.717, 1.165) is 27.8 Å². The van der Waals surface area contributed by atoms with Crippen molar-refractivity contribution < 1.29 is 23.5 Å². The average molecular weight is 439 g/mol. The predicted octanol–water partition coefficient (Wildman–Crippen LogP) is 3.82. The van der Waals surface area contributed by atoms with Crippen LogP contribution in [0.2, 0.25) is 5.02 Å². The third-order valence-corrected chi connectivity index (χ3v) is 5.91. The Hall–Kier alpha value is -2.68. The van der Waals surface area contributed by atoms with E-state index >= 15 is 0 Å². The highest BCUT2D eigenvalue weighted by atomic mass is 35.5. The Morgan fingerprint density at radius 2 is 2.10 bits per heavy atom. The van der Waals surface area contributed by atoms with E-state index in [9.17, 15) is 23.5 Å². The van der Waals surface area contributed by atoms with Gasteiger partial charge in [0.2, 0.25) is 0 Å². The van der Waals surface area contributed by atoms with Crippen molar-refractivity contribution in [3.63, 3.8) is 0 Å². The fraction of sp³-hybridized carbons (Fsp3) is 0.450. The first-order valence-electron chi connectivity index (χ1n) is 9.74. The highest BCUT2D eigenvalue weighted by molar-refractivity contribution is 6.30. The molecular weight excluding hydrogens is 418 g/mol. The number of likely N-dealkylation sites (tertiary alicyclic amines) is 1. The van der Waals surface area contributed by atoms with Crippen molar-refractivity contribution in [3.8, 4) is 0 Å². The zero-order valence-corrected chi connectivity index (χ0v) is 16.9. The summed E-state index contributed by atoms with van der Waals surface area (Å²) in [6.45, 7) is 0.669. The number of hydrogen-bond donors (Lipinski definition) is 1. The van der Waals surface area contributed by atoms with Gasteiger partial charge in [-0.15, -0.1) is 0 Å². The van der Waals surface area contributed by atoms with Crippen LogP contribution in [0, 0.1) is 0 Å². The first kappa shape index (κ1) is 20.6. The zero-order valence-electron chi connectivity index (χ0n) is 16.1. The van der Waals surface area contributed by atoms with Gasteiger partial charge in [0.25, 0.3) is 12.3 Å². The van der Waals surface area contributed by atoms with Crippen molar-refractivity contribution in [2.45, 2.75) is 44.8 Å². The lowest BCUT2D eigenvalue weighted by atomic mass is 9.90. The summed E-state index contributed by atoms with van der Waals surface area (Å²) in [6.07, 6.45) is 1.16. The fourth-order valence-electron chi connectivity index (χ4n) is 4.35. The standard InChI is InChI=1S/C20H21ClF2N4O3/c21-14-6-12-3-5-25(19(28)13-8-24-26(9-13)11-18(22)23)10-16(12)15(7-14)17-2-1-4-27(17)20(29)30/h6-9,17-18H,1-5,10-11H2,(H,29,30)/t17-/m0/s1. The molecule has 0 spiro atoms. The Morgan fingerprint density at radius 3 is 2.83 bits per heavy atom. The Kier molecular flexibility index (Phi) is 5.64. The van der Waals surface area contributed by atoms with E-state index in [4.69, 9.17) is 11.6 Å². The molecule has 2 aliphatic rings. The first-order valence-corrected chi connectivity index (χ1v) is 10.1. The van der Waals surface area contributed by atoms with Crippen LogP contribution >= 0.6 is 11.6 Å². The number of carboxylic acid groups (broad SMARTS) is 1. The van der Waals surface area contributed by atoms with Crippen LogP contribution in [-0.4, -0.2) is 56.2 Å². The second-order valence-corrected chi connectivity index (χ2v) is 8.02. The van der Waals surface area contributed by atoms with Crippen LogP contribution in [0.1, 0.15) is 45.9 Å². The van der Waals surface area contributed by atoms with Crippen LogP contribution in [-0.2, 0) is 19.5 Å². The van der Waals surface area contributed by atoms with Crippen molar-refractivity contribution in [2.24, 2.45) is 0 Å². The van der Waals surface area contributed by atoms with Crippen molar-refractivity contribution in [1.82, 2.24) is 19.6 Å². The minimum absolute atomic E-state index is 0.252. The average Bonchev–Trinajstić information content (AvgIpc) is 3.35. The van der Waals surface area contributed by atoms with Crippen molar-refractivity contribution >= 4 is 23.6 Å². The summed E-state index contributed by atoms with van der Waals surface area (Å²) < 4.78 is 26.2. The summed E-state index contributed by atoms with van der Waals surface area (Å²) in [5, 5.41) is 13.9. The number of rotatable bonds is 4. The quantitative estimate of drug-likeness (QED) is 0.787. The minimum atomic E-state index is -2.55. The topological polar surface area (TPSA) is 78.7 Å². The van der Waals surface area contributed by atoms with Gasteiger partial charge in [-0.25, -0.2) is 13.6 Å². The Bertz CT molecular complexity index is 981. The molecule has 0 unspecified atom stereocenters. The molecule has 0 radical (unpaired) electrons. The van der Waals surface area contributed by atoms with Crippen LogP contribution in [0.3, 0.4) is 0 Å². The molecular formula is C20H21ClF2N4O3. The number of amides is 2. The number of hydrogen-bond acceptors (Lipinski definition) is 3. The highest BCUT2D eigenvalue weighted by Crippen LogP contribution is 2.38. The lowest BCUT2D eigenvalue weighted by molar-refractivity contribution is 0.0731. The number of benzene rings is 1. The van der Waals surface area contributed by atoms with Gasteiger partial charge < -0.3 is 14.9 Å². The highest BCUT2D eigenvalue weighted by Gasteiger charge is 2.34. The number of nitrogens with zero attached hydrogens (tertiary/aromatic N) is 4. The van der Waals surface area contributed by atoms with Gasteiger partial charge in [-0.3, -0.25) is 9.48 Å². The number of aromatic nitrogens is 2. The second-order valence-electron chi connectivity index (χ2n) is 7.59. The summed E-state index contributed by atoms with van der Waals surface area (Å²) in [6, 6.07) is 3.36. The molecule has 0 bridgehead atoms. The molecule has 2 aromatic rings. The molecule has 1 atom stereocenters. The summed E-state index contributed by atoms with van der Waals surface area (Å²) in [7, 11) is 0. The van der Waals surface area contributed by atoms with E-state index < -0.39 is 19.1 Å². The molecule has 30 heavy (non-hydrogen) atoms. The maximum absolute atomic E-state index is 12.9. The molecule has 3 heterocycles. The van der Waals surface area contributed by atoms with E-state index in [-0.39, 0.29) is 17.5 Å². The van der Waals surface area contributed by atoms with Crippen LogP contribution < -0.4 is 0 Å². The molecule has 1 N–H and O–H groups in total. The van der Waals surface area contributed by atoms with E-state index in [2.05, 4.69) is 5.10 Å². The minimum Gasteiger partial charge on any atom is -0.465 e. The molecule has 0 aliphatic carbocycles. The van der Waals surface area contributed by atoms with Gasteiger partial charge in [0.1, 0.15) is 6.54 Å². The molecule has 1 fully saturated rings. The first-order chi connectivity index (χ1) is 14.3. The number of carbonyl (C=O) groups excluding carboxylic acids is 1. The Balaban J connectivity index is 1.61. The van der Waals surface area contributed by atoms with Gasteiger partial charge in [0.15, 0.2) is 0 Å². The number of carbonyl (C=O) groups is 2. The molecule has 1 aromatic carbocycles. The van der Waals surface area contributed by atoms with E-state index in [1.165, 1.54) is 17.3 Å². The molecule has 4 rings (SSSR count). The van der Waals surface area contributed by atoms with Gasteiger partial charge in [-0.05, 0) is 48.1 Å². The Morgan fingerprint density at radius 1 is 1.30 bits per heavy atom. The summed E-state index contributed by atoms with van der Waals surface area (Å²) >= 11 is 6.31. The third-order valence-electron chi connectivity index (χ3n) is 5.69. The van der Waals surface area contributed by atoms with E-state index in [1.54, 1.807) is 11.0 Å². The smallest absolute Gasteiger partial charge is 0.407 e. The van der Waals surface area contributed by atoms with Crippen molar-refractivity contribution in [1.29, 1.82) is 0 Å². The summed E-state index contributed by atoms with van der Waals surface area (Å²) in [5.41, 5.74) is 3.01. The number of halogens is 3. The van der Waals surface area contributed by atoms with Crippen molar-refractivity contribution in [3.05, 3.63) is 51.8 Å². The molecule has 7 nitrogen and oxygen atoms in total. The van der Waals surface area contributed by atoms with E-state index in [1.807, 2.05) is 6.07 Å². The second kappa shape index (κ2) is 8.22. The summed E-state index contributed by atoms with van der Waals surface area (Å²) in [4.78, 5) is 27.6.